The summed E-state index contributed by atoms with van der Waals surface area (Å²) in [5, 5.41) is 0. The summed E-state index contributed by atoms with van der Waals surface area (Å²) in [6.45, 7) is 0. The Labute approximate surface area is 84.7 Å². The average Bonchev–Trinajstić information content (AvgIpc) is 0.918. The second kappa shape index (κ2) is 68.8. The van der Waals surface area contributed by atoms with E-state index in [-0.39, 0.29) is 67.5 Å². The fraction of sp³-hybridized carbons (Fsp3) is 0. The molecule has 0 fully saturated rings. The maximum atomic E-state index is 8.35. The number of hydrogen-bond donors (Lipinski definition) is 0. The molecule has 0 radical (unpaired) electrons. The van der Waals surface area contributed by atoms with Crippen molar-refractivity contribution in [3.05, 3.63) is 0 Å². The zero-order valence-corrected chi connectivity index (χ0v) is 9.66. The molecule has 56 valence electrons. The van der Waals surface area contributed by atoms with Crippen molar-refractivity contribution >= 4 is 75.8 Å². The van der Waals surface area contributed by atoms with Crippen molar-refractivity contribution < 1.29 is 9.13 Å². The van der Waals surface area contributed by atoms with Gasteiger partial charge in [-0.2, -0.15) is 67.5 Å². The van der Waals surface area contributed by atoms with E-state index in [1.165, 1.54) is 0 Å². The Morgan fingerprint density at radius 2 is 0.625 bits per heavy atom. The molecular formula is H10O2PS5+. The Bertz CT molecular complexity index is 31.4. The fourth-order valence-electron chi connectivity index (χ4n) is 0. The smallest absolute Gasteiger partial charge is 0.197 e. The molecule has 2 nitrogen and oxygen atoms in total. The molecule has 0 unspecified atom stereocenters. The molecule has 0 aromatic rings. The van der Waals surface area contributed by atoms with Gasteiger partial charge in [0.25, 0.3) is 0 Å². The summed E-state index contributed by atoms with van der Waals surface area (Å²) in [6, 6.07) is 0. The number of hydrogen-bond acceptors (Lipinski definition) is 2. The van der Waals surface area contributed by atoms with Gasteiger partial charge in [0.15, 0.2) is 0 Å². The predicted molar refractivity (Wildman–Crippen MR) is 60.2 cm³/mol. The van der Waals surface area contributed by atoms with Gasteiger partial charge in [0.1, 0.15) is 0 Å². The van der Waals surface area contributed by atoms with Gasteiger partial charge in [-0.05, 0) is 0 Å². The van der Waals surface area contributed by atoms with Crippen LogP contribution < -0.4 is 0 Å². The van der Waals surface area contributed by atoms with Crippen molar-refractivity contribution in [2.24, 2.45) is 0 Å². The van der Waals surface area contributed by atoms with Crippen LogP contribution in [0.25, 0.3) is 0 Å². The second-order valence-corrected chi connectivity index (χ2v) is 0.224. The molecule has 0 aliphatic heterocycles. The SMILES string of the molecule is O=[P+]=O.S.S.S.S.S. The van der Waals surface area contributed by atoms with Crippen molar-refractivity contribution in [3.63, 3.8) is 0 Å². The summed E-state index contributed by atoms with van der Waals surface area (Å²) in [5.74, 6) is 0. The molecule has 0 aromatic heterocycles. The van der Waals surface area contributed by atoms with Crippen LogP contribution in [0.1, 0.15) is 0 Å². The van der Waals surface area contributed by atoms with E-state index >= 15 is 0 Å². The molecule has 0 rings (SSSR count). The van der Waals surface area contributed by atoms with Crippen LogP contribution in [-0.2, 0) is 9.13 Å². The van der Waals surface area contributed by atoms with E-state index < -0.39 is 8.34 Å². The van der Waals surface area contributed by atoms with Crippen LogP contribution >= 0.6 is 75.8 Å². The van der Waals surface area contributed by atoms with E-state index in [2.05, 4.69) is 0 Å². The Kier molecular flexibility index (Phi) is 454. The van der Waals surface area contributed by atoms with E-state index in [1.54, 1.807) is 0 Å². The minimum absolute atomic E-state index is 0. The summed E-state index contributed by atoms with van der Waals surface area (Å²) in [4.78, 5) is 0. The van der Waals surface area contributed by atoms with Gasteiger partial charge in [-0.3, -0.25) is 0 Å². The molecule has 0 aromatic carbocycles. The van der Waals surface area contributed by atoms with Gasteiger partial charge >= 0.3 is 17.5 Å². The van der Waals surface area contributed by atoms with E-state index in [0.29, 0.717) is 0 Å². The van der Waals surface area contributed by atoms with Crippen LogP contribution in [-0.4, -0.2) is 0 Å². The van der Waals surface area contributed by atoms with Crippen LogP contribution in [0, 0.1) is 0 Å². The average molecular weight is 233 g/mol. The first kappa shape index (κ1) is 52.8. The molecule has 8 heavy (non-hydrogen) atoms. The van der Waals surface area contributed by atoms with Gasteiger partial charge in [0.05, 0.1) is 0 Å². The Morgan fingerprint density at radius 3 is 0.625 bits per heavy atom. The Morgan fingerprint density at radius 1 is 0.625 bits per heavy atom. The van der Waals surface area contributed by atoms with E-state index in [0.717, 1.165) is 0 Å². The van der Waals surface area contributed by atoms with Gasteiger partial charge in [0, 0.05) is 0 Å². The molecule has 0 saturated heterocycles. The number of rotatable bonds is 0. The third-order valence-electron chi connectivity index (χ3n) is 0. The standard InChI is InChI=1S/O2P.5H2S/c1-3-2;;;;;/h;5*1H2/q+1;;;;;. The second-order valence-electron chi connectivity index (χ2n) is 0.0745. The van der Waals surface area contributed by atoms with E-state index in [9.17, 15) is 0 Å². The molecule has 0 spiro atoms. The molecular weight excluding hydrogens is 223 g/mol. The maximum absolute atomic E-state index is 8.35. The van der Waals surface area contributed by atoms with Gasteiger partial charge < -0.3 is 0 Å². The van der Waals surface area contributed by atoms with Crippen molar-refractivity contribution in [1.29, 1.82) is 0 Å². The molecule has 0 aliphatic rings. The molecule has 0 aliphatic carbocycles. The molecule has 0 heterocycles. The topological polar surface area (TPSA) is 34.1 Å². The van der Waals surface area contributed by atoms with Crippen molar-refractivity contribution in [2.45, 2.75) is 0 Å². The van der Waals surface area contributed by atoms with Crippen LogP contribution in [0.15, 0.2) is 0 Å². The molecule has 0 N–H and O–H groups in total. The summed E-state index contributed by atoms with van der Waals surface area (Å²) in [6.07, 6.45) is 0. The summed E-state index contributed by atoms with van der Waals surface area (Å²) < 4.78 is 16.7. The minimum atomic E-state index is -1.08. The van der Waals surface area contributed by atoms with Crippen LogP contribution in [0.5, 0.6) is 0 Å². The first-order valence-corrected chi connectivity index (χ1v) is 1.10. The van der Waals surface area contributed by atoms with Crippen molar-refractivity contribution in [2.75, 3.05) is 0 Å². The first-order valence-electron chi connectivity index (χ1n) is 0.365. The first-order chi connectivity index (χ1) is 1.41. The van der Waals surface area contributed by atoms with Gasteiger partial charge in [0.2, 0.25) is 0 Å². The largest absolute Gasteiger partial charge is 0.197 e. The third kappa shape index (κ3) is 113. The molecule has 0 atom stereocenters. The summed E-state index contributed by atoms with van der Waals surface area (Å²) in [5.41, 5.74) is 0. The summed E-state index contributed by atoms with van der Waals surface area (Å²) in [7, 11) is -1.08. The Balaban J connectivity index is -0.00000000200. The predicted octanol–water partition coefficient (Wildman–Crippen LogP) is 1.19. The van der Waals surface area contributed by atoms with E-state index in [4.69, 9.17) is 9.13 Å². The van der Waals surface area contributed by atoms with Crippen LogP contribution in [0.3, 0.4) is 0 Å². The van der Waals surface area contributed by atoms with Crippen molar-refractivity contribution in [3.8, 4) is 0 Å². The third-order valence-corrected chi connectivity index (χ3v) is 0. The minimum Gasteiger partial charge on any atom is -0.197 e. The normalized spacial score (nSPS) is 1.00. The maximum Gasteiger partial charge on any atom is -0.197 e. The Hall–Kier alpha value is 1.78. The summed E-state index contributed by atoms with van der Waals surface area (Å²) >= 11 is 0. The van der Waals surface area contributed by atoms with Crippen LogP contribution in [0.2, 0.25) is 0 Å². The zero-order chi connectivity index (χ0) is 2.71. The van der Waals surface area contributed by atoms with E-state index in [1.807, 2.05) is 0 Å². The quantitative estimate of drug-likeness (QED) is 0.589. The van der Waals surface area contributed by atoms with Gasteiger partial charge in [-0.1, -0.05) is 0 Å². The molecule has 0 amide bonds. The molecule has 0 saturated carbocycles. The van der Waals surface area contributed by atoms with Crippen molar-refractivity contribution in [1.82, 2.24) is 0 Å². The fourth-order valence-corrected chi connectivity index (χ4v) is 0. The molecule has 8 heteroatoms. The van der Waals surface area contributed by atoms with Gasteiger partial charge in [-0.25, -0.2) is 0 Å². The van der Waals surface area contributed by atoms with Gasteiger partial charge in [-0.15, -0.1) is 0 Å². The molecule has 0 bridgehead atoms. The monoisotopic (exact) mass is 233 g/mol. The van der Waals surface area contributed by atoms with Crippen LogP contribution in [0.4, 0.5) is 0 Å². The zero-order valence-electron chi connectivity index (χ0n) is 3.76.